The minimum atomic E-state index is -2.09. The highest BCUT2D eigenvalue weighted by Gasteiger charge is 2.48. The highest BCUT2D eigenvalue weighted by atomic mass is 28.3. The van der Waals surface area contributed by atoms with Crippen molar-refractivity contribution in [3.63, 3.8) is 0 Å². The van der Waals surface area contributed by atoms with Crippen LogP contribution in [0.15, 0.2) is 36.5 Å². The second-order valence-corrected chi connectivity index (χ2v) is 10.9. The van der Waals surface area contributed by atoms with Gasteiger partial charge in [-0.3, -0.25) is 14.9 Å². The van der Waals surface area contributed by atoms with E-state index in [1.165, 1.54) is 0 Å². The topological polar surface area (TPSA) is 46.2 Å². The zero-order valence-corrected chi connectivity index (χ0v) is 13.8. The fourth-order valence-electron chi connectivity index (χ4n) is 3.41. The molecule has 1 saturated heterocycles. The van der Waals surface area contributed by atoms with Gasteiger partial charge in [-0.25, -0.2) is 0 Å². The van der Waals surface area contributed by atoms with Crippen LogP contribution in [0.4, 0.5) is 0 Å². The highest BCUT2D eigenvalue weighted by molar-refractivity contribution is 6.86. The first-order chi connectivity index (χ1) is 9.16. The van der Waals surface area contributed by atoms with E-state index in [0.717, 1.165) is 34.9 Å². The number of amides is 2. The maximum atomic E-state index is 12.2. The third kappa shape index (κ3) is 4.03. The van der Waals surface area contributed by atoms with E-state index in [2.05, 4.69) is 25.1 Å². The second-order valence-electron chi connectivity index (χ2n) is 6.43. The third-order valence-electron chi connectivity index (χ3n) is 3.67. The Morgan fingerprint density at radius 1 is 1.05 bits per heavy atom. The van der Waals surface area contributed by atoms with Crippen molar-refractivity contribution in [3.8, 4) is 0 Å². The zero-order chi connectivity index (χ0) is 15.5. The van der Waals surface area contributed by atoms with Crippen molar-refractivity contribution in [1.29, 1.82) is 0 Å². The van der Waals surface area contributed by atoms with E-state index in [1.807, 2.05) is 20.8 Å². The van der Waals surface area contributed by atoms with Crippen LogP contribution in [0.5, 0.6) is 0 Å². The average Bonchev–Trinajstić information content (AvgIpc) is 2.54. The quantitative estimate of drug-likeness (QED) is 0.443. The largest absolute Gasteiger partial charge is 0.296 e. The molecule has 3 nitrogen and oxygen atoms in total. The zero-order valence-electron chi connectivity index (χ0n) is 12.8. The Hall–Kier alpha value is -1.42. The first-order valence-corrected chi connectivity index (χ1v) is 9.63. The molecule has 1 aliphatic rings. The monoisotopic (exact) mass is 291 g/mol. The lowest BCUT2D eigenvalue weighted by Crippen LogP contribution is -2.43. The fraction of sp³-hybridized carbons (Fsp3) is 0.500. The van der Waals surface area contributed by atoms with Crippen molar-refractivity contribution in [2.45, 2.75) is 50.9 Å². The van der Waals surface area contributed by atoms with Gasteiger partial charge in [0, 0.05) is 12.0 Å². The molecule has 0 aliphatic carbocycles. The number of imide groups is 1. The van der Waals surface area contributed by atoms with Crippen LogP contribution in [-0.2, 0) is 9.59 Å². The number of hydrogen-bond donors (Lipinski definition) is 1. The van der Waals surface area contributed by atoms with E-state index in [0.29, 0.717) is 6.42 Å². The molecule has 1 rings (SSSR count). The van der Waals surface area contributed by atoms with Crippen LogP contribution in [0, 0.1) is 0 Å². The Morgan fingerprint density at radius 3 is 1.70 bits per heavy atom. The van der Waals surface area contributed by atoms with Gasteiger partial charge in [0.25, 0.3) is 0 Å². The fourth-order valence-corrected chi connectivity index (χ4v) is 9.38. The van der Waals surface area contributed by atoms with E-state index >= 15 is 0 Å². The van der Waals surface area contributed by atoms with Gasteiger partial charge in [0.05, 0.1) is 8.07 Å². The second kappa shape index (κ2) is 6.35. The molecule has 0 aromatic carbocycles. The standard InChI is InChI=1S/C16H25NO2Si/c1-11(2)8-20(9-12(3)4,10-13(5)6)14-7-15(18)17-16(14)19/h14H,1,3,5,7-10H2,2,4,6H3,(H,17,18,19). The summed E-state index contributed by atoms with van der Waals surface area (Å²) in [6.07, 6.45) is 0.318. The minimum Gasteiger partial charge on any atom is -0.296 e. The molecule has 4 heteroatoms. The summed E-state index contributed by atoms with van der Waals surface area (Å²) in [5, 5.41) is 2.46. The highest BCUT2D eigenvalue weighted by Crippen LogP contribution is 2.43. The number of nitrogens with one attached hydrogen (secondary N) is 1. The Labute approximate surface area is 122 Å². The van der Waals surface area contributed by atoms with Gasteiger partial charge in [-0.15, -0.1) is 19.7 Å². The van der Waals surface area contributed by atoms with Crippen LogP contribution in [0.3, 0.4) is 0 Å². The summed E-state index contributed by atoms with van der Waals surface area (Å²) in [6, 6.07) is 2.54. The molecule has 1 unspecified atom stereocenters. The average molecular weight is 291 g/mol. The summed E-state index contributed by atoms with van der Waals surface area (Å²) < 4.78 is 0. The van der Waals surface area contributed by atoms with E-state index in [9.17, 15) is 9.59 Å². The van der Waals surface area contributed by atoms with E-state index < -0.39 is 8.07 Å². The molecule has 0 spiro atoms. The first-order valence-electron chi connectivity index (χ1n) is 6.93. The molecule has 1 N–H and O–H groups in total. The number of carbonyl (C=O) groups excluding carboxylic acids is 2. The van der Waals surface area contributed by atoms with Crippen LogP contribution in [-0.4, -0.2) is 19.9 Å². The maximum Gasteiger partial charge on any atom is 0.227 e. The van der Waals surface area contributed by atoms with Gasteiger partial charge in [-0.2, -0.15) is 0 Å². The molecule has 110 valence electrons. The first kappa shape index (κ1) is 16.6. The van der Waals surface area contributed by atoms with Gasteiger partial charge in [0.2, 0.25) is 11.8 Å². The Bertz CT molecular complexity index is 438. The number of rotatable bonds is 7. The molecule has 1 atom stereocenters. The molecule has 20 heavy (non-hydrogen) atoms. The molecular formula is C16H25NO2Si. The van der Waals surface area contributed by atoms with Gasteiger partial charge in [0.15, 0.2) is 0 Å². The van der Waals surface area contributed by atoms with Crippen molar-refractivity contribution < 1.29 is 9.59 Å². The van der Waals surface area contributed by atoms with Crippen LogP contribution in [0.25, 0.3) is 0 Å². The lowest BCUT2D eigenvalue weighted by atomic mass is 10.3. The summed E-state index contributed by atoms with van der Waals surface area (Å²) in [6.45, 7) is 18.1. The normalized spacial score (nSPS) is 18.9. The van der Waals surface area contributed by atoms with Gasteiger partial charge in [-0.05, 0) is 38.9 Å². The Morgan fingerprint density at radius 2 is 1.45 bits per heavy atom. The predicted molar refractivity (Wildman–Crippen MR) is 86.1 cm³/mol. The molecule has 2 amide bonds. The predicted octanol–water partition coefficient (Wildman–Crippen LogP) is 3.58. The van der Waals surface area contributed by atoms with E-state index in [1.54, 1.807) is 0 Å². The molecule has 0 aromatic heterocycles. The Kier molecular flexibility index (Phi) is 5.28. The molecule has 0 radical (unpaired) electrons. The van der Waals surface area contributed by atoms with Crippen molar-refractivity contribution in [2.75, 3.05) is 0 Å². The molecule has 1 aliphatic heterocycles. The van der Waals surface area contributed by atoms with Crippen molar-refractivity contribution in [1.82, 2.24) is 5.32 Å². The smallest absolute Gasteiger partial charge is 0.227 e. The van der Waals surface area contributed by atoms with Gasteiger partial charge in [0.1, 0.15) is 0 Å². The van der Waals surface area contributed by atoms with Gasteiger partial charge < -0.3 is 0 Å². The SMILES string of the molecule is C=C(C)C[Si](CC(=C)C)(CC(=C)C)C1CC(=O)NC1=O. The van der Waals surface area contributed by atoms with Crippen molar-refractivity contribution >= 4 is 19.9 Å². The summed E-state index contributed by atoms with van der Waals surface area (Å²) in [4.78, 5) is 23.8. The van der Waals surface area contributed by atoms with Gasteiger partial charge in [-0.1, -0.05) is 16.7 Å². The summed E-state index contributed by atoms with van der Waals surface area (Å²) in [5.74, 6) is -0.257. The van der Waals surface area contributed by atoms with Crippen LogP contribution >= 0.6 is 0 Å². The van der Waals surface area contributed by atoms with E-state index in [-0.39, 0.29) is 17.4 Å². The number of hydrogen-bond acceptors (Lipinski definition) is 2. The third-order valence-corrected chi connectivity index (χ3v) is 9.54. The molecular weight excluding hydrogens is 266 g/mol. The minimum absolute atomic E-state index is 0.106. The van der Waals surface area contributed by atoms with Crippen LogP contribution in [0.2, 0.25) is 23.7 Å². The number of allylic oxidation sites excluding steroid dienone is 3. The number of carbonyl (C=O) groups is 2. The van der Waals surface area contributed by atoms with Crippen LogP contribution in [0.1, 0.15) is 27.2 Å². The summed E-state index contributed by atoms with van der Waals surface area (Å²) >= 11 is 0. The maximum absolute atomic E-state index is 12.2. The lowest BCUT2D eigenvalue weighted by molar-refractivity contribution is -0.124. The van der Waals surface area contributed by atoms with Crippen molar-refractivity contribution in [2.24, 2.45) is 0 Å². The lowest BCUT2D eigenvalue weighted by Gasteiger charge is -2.36. The van der Waals surface area contributed by atoms with E-state index in [4.69, 9.17) is 0 Å². The Balaban J connectivity index is 3.22. The van der Waals surface area contributed by atoms with Crippen LogP contribution < -0.4 is 5.32 Å². The summed E-state index contributed by atoms with van der Waals surface area (Å²) in [5.41, 5.74) is 3.05. The molecule has 1 fully saturated rings. The summed E-state index contributed by atoms with van der Waals surface area (Å²) in [7, 11) is -2.09. The molecule has 0 bridgehead atoms. The molecule has 0 saturated carbocycles. The van der Waals surface area contributed by atoms with Gasteiger partial charge >= 0.3 is 0 Å². The molecule has 1 heterocycles. The molecule has 0 aromatic rings. The van der Waals surface area contributed by atoms with Crippen molar-refractivity contribution in [3.05, 3.63) is 36.5 Å².